The second-order valence-electron chi connectivity index (χ2n) is 6.71. The molecule has 2 unspecified atom stereocenters. The zero-order chi connectivity index (χ0) is 24.2. The van der Waals surface area contributed by atoms with Gasteiger partial charge in [0.05, 0.1) is 0 Å². The molecular weight excluding hydrogens is 463 g/mol. The van der Waals surface area contributed by atoms with Gasteiger partial charge in [-0.05, 0) is 24.3 Å². The summed E-state index contributed by atoms with van der Waals surface area (Å²) in [5.74, 6) is -9.88. The highest BCUT2D eigenvalue weighted by Crippen LogP contribution is 2.40. The summed E-state index contributed by atoms with van der Waals surface area (Å²) >= 11 is 12.3. The number of Topliss-reactive ketones (excluding diaryl/α,β-unsaturated/α-hetero) is 1. The topological polar surface area (TPSA) is 150 Å². The van der Waals surface area contributed by atoms with Gasteiger partial charge in [-0.1, -0.05) is 35.3 Å². The van der Waals surface area contributed by atoms with Crippen molar-refractivity contribution in [2.24, 2.45) is 0 Å². The average Bonchev–Trinajstić information content (AvgIpc) is 2.65. The van der Waals surface area contributed by atoms with E-state index in [-0.39, 0.29) is 32.5 Å². The Morgan fingerprint density at radius 3 is 1.34 bits per heavy atom. The van der Waals surface area contributed by atoms with Crippen molar-refractivity contribution in [2.45, 2.75) is 25.7 Å². The Hall–Kier alpha value is -3.43. The highest BCUT2D eigenvalue weighted by molar-refractivity contribution is 6.34. The first-order valence-corrected chi connectivity index (χ1v) is 9.82. The van der Waals surface area contributed by atoms with Gasteiger partial charge in [0.1, 0.15) is 11.8 Å². The number of carbonyl (C=O) groups excluding carboxylic acids is 3. The van der Waals surface area contributed by atoms with Crippen molar-refractivity contribution in [3.05, 3.63) is 57.6 Å². The van der Waals surface area contributed by atoms with E-state index in [0.717, 1.165) is 0 Å². The number of amides is 2. The molecule has 2 amide bonds. The number of anilines is 2. The van der Waals surface area contributed by atoms with E-state index >= 15 is 0 Å². The number of carbonyl (C=O) groups is 5. The second kappa shape index (κ2) is 10.3. The van der Waals surface area contributed by atoms with Crippen LogP contribution in [0.2, 0.25) is 10.0 Å². The third-order valence-electron chi connectivity index (χ3n) is 4.37. The Morgan fingerprint density at radius 1 is 0.719 bits per heavy atom. The van der Waals surface area contributed by atoms with Gasteiger partial charge >= 0.3 is 11.9 Å². The predicted molar refractivity (Wildman–Crippen MR) is 117 cm³/mol. The molecule has 0 spiro atoms. The molecule has 0 aliphatic rings. The van der Waals surface area contributed by atoms with E-state index in [9.17, 15) is 34.2 Å². The van der Waals surface area contributed by atoms with Crippen LogP contribution in [0.5, 0.6) is 0 Å². The van der Waals surface area contributed by atoms with Crippen molar-refractivity contribution in [2.75, 3.05) is 10.6 Å². The van der Waals surface area contributed by atoms with Gasteiger partial charge in [0.25, 0.3) is 0 Å². The number of halogens is 2. The standard InChI is InChI=1S/C21H18Cl2N2O7/c1-9(26)24-13-7-3-5-11(22)15(13)17(20(29)30)19(28)18(21(31)32)16-12(23)6-4-8-14(16)25-10(2)27/h3-8,17-18H,1-2H3,(H,24,26)(H,25,27)(H,29,30)(H,31,32). The number of hydrogen-bond acceptors (Lipinski definition) is 5. The lowest BCUT2D eigenvalue weighted by Gasteiger charge is -2.23. The first-order valence-electron chi connectivity index (χ1n) is 9.07. The first-order chi connectivity index (χ1) is 15.0. The number of hydrogen-bond donors (Lipinski definition) is 4. The van der Waals surface area contributed by atoms with Crippen molar-refractivity contribution in [3.8, 4) is 0 Å². The van der Waals surface area contributed by atoms with Crippen molar-refractivity contribution in [1.29, 1.82) is 0 Å². The lowest BCUT2D eigenvalue weighted by molar-refractivity contribution is -0.146. The average molecular weight is 481 g/mol. The SMILES string of the molecule is CC(=O)Nc1cccc(Cl)c1C(C(=O)O)C(=O)C(C(=O)O)c1c(Cl)cccc1NC(C)=O. The van der Waals surface area contributed by atoms with Gasteiger partial charge in [0.15, 0.2) is 5.78 Å². The molecule has 0 saturated carbocycles. The van der Waals surface area contributed by atoms with Gasteiger partial charge in [-0.3, -0.25) is 24.0 Å². The van der Waals surface area contributed by atoms with Crippen LogP contribution in [-0.4, -0.2) is 39.7 Å². The molecule has 2 rings (SSSR count). The number of benzene rings is 2. The number of ketones is 1. The first kappa shape index (κ1) is 24.8. The van der Waals surface area contributed by atoms with Crippen LogP contribution in [0.3, 0.4) is 0 Å². The number of carboxylic acids is 2. The largest absolute Gasteiger partial charge is 0.480 e. The summed E-state index contributed by atoms with van der Waals surface area (Å²) in [6, 6.07) is 8.13. The van der Waals surface area contributed by atoms with Crippen LogP contribution in [0, 0.1) is 0 Å². The summed E-state index contributed by atoms with van der Waals surface area (Å²) in [7, 11) is 0. The molecule has 168 valence electrons. The minimum Gasteiger partial charge on any atom is -0.480 e. The fourth-order valence-corrected chi connectivity index (χ4v) is 3.77. The third kappa shape index (κ3) is 5.43. The van der Waals surface area contributed by atoms with Crippen LogP contribution < -0.4 is 10.6 Å². The summed E-state index contributed by atoms with van der Waals surface area (Å²) in [6.45, 7) is 2.34. The van der Waals surface area contributed by atoms with Gasteiger partial charge in [0, 0.05) is 46.4 Å². The van der Waals surface area contributed by atoms with Crippen LogP contribution in [0.4, 0.5) is 11.4 Å². The molecule has 0 bridgehead atoms. The Labute approximate surface area is 192 Å². The lowest BCUT2D eigenvalue weighted by atomic mass is 9.82. The smallest absolute Gasteiger partial charge is 0.318 e. The van der Waals surface area contributed by atoms with E-state index in [2.05, 4.69) is 10.6 Å². The van der Waals surface area contributed by atoms with E-state index in [1.807, 2.05) is 0 Å². The quantitative estimate of drug-likeness (QED) is 0.422. The van der Waals surface area contributed by atoms with Gasteiger partial charge in [-0.15, -0.1) is 0 Å². The van der Waals surface area contributed by atoms with E-state index in [1.165, 1.54) is 50.2 Å². The molecule has 2 atom stereocenters. The van der Waals surface area contributed by atoms with Crippen molar-refractivity contribution in [3.63, 3.8) is 0 Å². The van der Waals surface area contributed by atoms with Gasteiger partial charge in [-0.25, -0.2) is 0 Å². The molecule has 2 aromatic rings. The van der Waals surface area contributed by atoms with Gasteiger partial charge < -0.3 is 20.8 Å². The molecule has 2 aromatic carbocycles. The predicted octanol–water partition coefficient (Wildman–Crippen LogP) is 3.52. The Bertz CT molecular complexity index is 1030. The normalized spacial score (nSPS) is 12.4. The Balaban J connectivity index is 2.74. The summed E-state index contributed by atoms with van der Waals surface area (Å²) in [4.78, 5) is 60.8. The monoisotopic (exact) mass is 480 g/mol. The van der Waals surface area contributed by atoms with Crippen LogP contribution in [-0.2, 0) is 24.0 Å². The molecule has 0 fully saturated rings. The fourth-order valence-electron chi connectivity index (χ4n) is 3.20. The molecule has 4 N–H and O–H groups in total. The zero-order valence-corrected chi connectivity index (χ0v) is 18.3. The van der Waals surface area contributed by atoms with E-state index in [0.29, 0.717) is 0 Å². The van der Waals surface area contributed by atoms with E-state index in [4.69, 9.17) is 23.2 Å². The second-order valence-corrected chi connectivity index (χ2v) is 7.52. The number of aliphatic carboxylic acids is 2. The maximum absolute atomic E-state index is 13.4. The molecule has 32 heavy (non-hydrogen) atoms. The summed E-state index contributed by atoms with van der Waals surface area (Å²) < 4.78 is 0. The molecule has 9 nitrogen and oxygen atoms in total. The molecule has 0 aliphatic carbocycles. The van der Waals surface area contributed by atoms with Crippen molar-refractivity contribution < 1.29 is 34.2 Å². The number of nitrogens with one attached hydrogen (secondary N) is 2. The highest BCUT2D eigenvalue weighted by Gasteiger charge is 2.42. The summed E-state index contributed by atoms with van der Waals surface area (Å²) in [5, 5.41) is 24.2. The molecular formula is C21H18Cl2N2O7. The Morgan fingerprint density at radius 2 is 1.06 bits per heavy atom. The van der Waals surface area contributed by atoms with Crippen LogP contribution >= 0.6 is 23.2 Å². The molecule has 0 saturated heterocycles. The maximum Gasteiger partial charge on any atom is 0.318 e. The zero-order valence-electron chi connectivity index (χ0n) is 16.8. The lowest BCUT2D eigenvalue weighted by Crippen LogP contribution is -2.33. The van der Waals surface area contributed by atoms with Gasteiger partial charge in [0.2, 0.25) is 11.8 Å². The number of carboxylic acid groups (broad SMARTS) is 2. The molecule has 0 aliphatic heterocycles. The van der Waals surface area contributed by atoms with E-state index < -0.39 is 41.4 Å². The highest BCUT2D eigenvalue weighted by atomic mass is 35.5. The van der Waals surface area contributed by atoms with Gasteiger partial charge in [-0.2, -0.15) is 0 Å². The minimum atomic E-state index is -2.06. The molecule has 0 radical (unpaired) electrons. The number of rotatable bonds is 8. The van der Waals surface area contributed by atoms with Crippen LogP contribution in [0.1, 0.15) is 36.8 Å². The van der Waals surface area contributed by atoms with Crippen LogP contribution in [0.15, 0.2) is 36.4 Å². The molecule has 0 heterocycles. The summed E-state index contributed by atoms with van der Waals surface area (Å²) in [5.41, 5.74) is -0.672. The Kier molecular flexibility index (Phi) is 7.96. The maximum atomic E-state index is 13.4. The minimum absolute atomic E-state index is 0.0591. The third-order valence-corrected chi connectivity index (χ3v) is 5.03. The molecule has 11 heteroatoms. The van der Waals surface area contributed by atoms with E-state index in [1.54, 1.807) is 0 Å². The fraction of sp³-hybridized carbons (Fsp3) is 0.190. The van der Waals surface area contributed by atoms with Crippen molar-refractivity contribution >= 4 is 64.1 Å². The molecule has 0 aromatic heterocycles. The summed E-state index contributed by atoms with van der Waals surface area (Å²) in [6.07, 6.45) is 0. The van der Waals surface area contributed by atoms with Crippen LogP contribution in [0.25, 0.3) is 0 Å². The van der Waals surface area contributed by atoms with Crippen molar-refractivity contribution in [1.82, 2.24) is 0 Å².